The number of carbonyl (C=O) groups is 1. The molecule has 0 unspecified atom stereocenters. The van der Waals surface area contributed by atoms with Crippen molar-refractivity contribution in [2.75, 3.05) is 0 Å². The highest BCUT2D eigenvalue weighted by molar-refractivity contribution is 6.70. The van der Waals surface area contributed by atoms with E-state index in [0.717, 1.165) is 12.8 Å². The van der Waals surface area contributed by atoms with Gasteiger partial charge in [0.05, 0.1) is 5.56 Å². The molecule has 1 aliphatic rings. The minimum absolute atomic E-state index is 0.156. The first-order chi connectivity index (χ1) is 7.92. The van der Waals surface area contributed by atoms with Crippen LogP contribution in [-0.4, -0.2) is 14.6 Å². The second kappa shape index (κ2) is 4.26. The van der Waals surface area contributed by atoms with Gasteiger partial charge in [0.2, 0.25) is 8.32 Å². The van der Waals surface area contributed by atoms with Gasteiger partial charge in [0.25, 0.3) is 0 Å². The number of carbonyl (C=O) groups excluding carboxylic acids is 1. The van der Waals surface area contributed by atoms with Crippen molar-refractivity contribution in [3.05, 3.63) is 29.1 Å². The zero-order chi connectivity index (χ0) is 12.6. The quantitative estimate of drug-likeness (QED) is 0.603. The zero-order valence-electron chi connectivity index (χ0n) is 10.4. The third-order valence-corrected chi connectivity index (χ3v) is 3.53. The summed E-state index contributed by atoms with van der Waals surface area (Å²) in [5.74, 6) is 0.141. The highest BCUT2D eigenvalue weighted by atomic mass is 28.4. The van der Waals surface area contributed by atoms with E-state index in [0.29, 0.717) is 23.3 Å². The van der Waals surface area contributed by atoms with Crippen LogP contribution in [0, 0.1) is 5.82 Å². The molecule has 0 heterocycles. The first kappa shape index (κ1) is 12.3. The van der Waals surface area contributed by atoms with Crippen molar-refractivity contribution in [1.29, 1.82) is 0 Å². The Hall–Kier alpha value is -1.16. The number of aldehydes is 1. The standard InChI is InChI=1S/C13H17FO2Si/c1-17(2,3)16-13-10(8-15)6-7-11(12(13)14)9-4-5-9/h6-9H,4-5H2,1-3H3. The summed E-state index contributed by atoms with van der Waals surface area (Å²) in [5.41, 5.74) is 1.01. The van der Waals surface area contributed by atoms with Gasteiger partial charge in [-0.2, -0.15) is 0 Å². The van der Waals surface area contributed by atoms with Crippen molar-refractivity contribution in [3.63, 3.8) is 0 Å². The Bertz CT molecular complexity index is 447. The molecule has 0 atom stereocenters. The van der Waals surface area contributed by atoms with Crippen LogP contribution in [0.25, 0.3) is 0 Å². The van der Waals surface area contributed by atoms with E-state index < -0.39 is 8.32 Å². The molecule has 1 fully saturated rings. The molecular weight excluding hydrogens is 235 g/mol. The largest absolute Gasteiger partial charge is 0.542 e. The summed E-state index contributed by atoms with van der Waals surface area (Å²) in [7, 11) is -1.91. The summed E-state index contributed by atoms with van der Waals surface area (Å²) >= 11 is 0. The Labute approximate surface area is 102 Å². The van der Waals surface area contributed by atoms with Gasteiger partial charge in [-0.25, -0.2) is 4.39 Å². The van der Waals surface area contributed by atoms with E-state index >= 15 is 0 Å². The maximum absolute atomic E-state index is 14.3. The predicted octanol–water partition coefficient (Wildman–Crippen LogP) is 3.73. The molecule has 0 aliphatic heterocycles. The highest BCUT2D eigenvalue weighted by Gasteiger charge is 2.30. The van der Waals surface area contributed by atoms with E-state index in [-0.39, 0.29) is 11.6 Å². The zero-order valence-corrected chi connectivity index (χ0v) is 11.4. The van der Waals surface area contributed by atoms with E-state index in [4.69, 9.17) is 4.43 Å². The van der Waals surface area contributed by atoms with E-state index in [1.54, 1.807) is 12.1 Å². The van der Waals surface area contributed by atoms with Gasteiger partial charge in [-0.05, 0) is 50.0 Å². The second-order valence-electron chi connectivity index (χ2n) is 5.49. The molecule has 2 nitrogen and oxygen atoms in total. The first-order valence-corrected chi connectivity index (χ1v) is 9.30. The molecule has 2 rings (SSSR count). The van der Waals surface area contributed by atoms with Gasteiger partial charge < -0.3 is 4.43 Å². The lowest BCUT2D eigenvalue weighted by atomic mass is 10.1. The Morgan fingerprint density at radius 1 is 1.35 bits per heavy atom. The molecule has 0 bridgehead atoms. The van der Waals surface area contributed by atoms with E-state index in [1.807, 2.05) is 19.6 Å². The van der Waals surface area contributed by atoms with E-state index in [1.165, 1.54) is 0 Å². The van der Waals surface area contributed by atoms with Crippen molar-refractivity contribution in [3.8, 4) is 5.75 Å². The van der Waals surface area contributed by atoms with Crippen LogP contribution < -0.4 is 4.43 Å². The van der Waals surface area contributed by atoms with Crippen molar-refractivity contribution >= 4 is 14.6 Å². The van der Waals surface area contributed by atoms with Crippen molar-refractivity contribution in [1.82, 2.24) is 0 Å². The van der Waals surface area contributed by atoms with Gasteiger partial charge in [0, 0.05) is 0 Å². The molecule has 0 radical (unpaired) electrons. The van der Waals surface area contributed by atoms with Crippen LogP contribution >= 0.6 is 0 Å². The molecule has 1 aromatic carbocycles. The minimum Gasteiger partial charge on any atom is -0.542 e. The third kappa shape index (κ3) is 2.75. The summed E-state index contributed by atoms with van der Waals surface area (Å²) in [6.45, 7) is 5.93. The number of benzene rings is 1. The Morgan fingerprint density at radius 3 is 2.47 bits per heavy atom. The van der Waals surface area contributed by atoms with Gasteiger partial charge in [-0.15, -0.1) is 0 Å². The number of hydrogen-bond donors (Lipinski definition) is 0. The minimum atomic E-state index is -1.91. The molecule has 92 valence electrons. The lowest BCUT2D eigenvalue weighted by Gasteiger charge is -2.21. The van der Waals surface area contributed by atoms with E-state index in [2.05, 4.69) is 0 Å². The van der Waals surface area contributed by atoms with Gasteiger partial charge >= 0.3 is 0 Å². The molecule has 1 aliphatic carbocycles. The molecule has 0 aromatic heterocycles. The maximum Gasteiger partial charge on any atom is 0.242 e. The first-order valence-electron chi connectivity index (χ1n) is 5.89. The fourth-order valence-corrected chi connectivity index (χ4v) is 2.62. The molecule has 4 heteroatoms. The van der Waals surface area contributed by atoms with Crippen LogP contribution in [0.3, 0.4) is 0 Å². The summed E-state index contributed by atoms with van der Waals surface area (Å²) < 4.78 is 20.0. The van der Waals surface area contributed by atoms with Crippen molar-refractivity contribution < 1.29 is 13.6 Å². The highest BCUT2D eigenvalue weighted by Crippen LogP contribution is 2.43. The van der Waals surface area contributed by atoms with Crippen LogP contribution in [0.15, 0.2) is 12.1 Å². The lowest BCUT2D eigenvalue weighted by molar-refractivity contribution is 0.112. The maximum atomic E-state index is 14.3. The summed E-state index contributed by atoms with van der Waals surface area (Å²) in [5, 5.41) is 0. The molecule has 0 amide bonds. The Balaban J connectivity index is 2.44. The molecular formula is C13H17FO2Si. The Morgan fingerprint density at radius 2 is 2.00 bits per heavy atom. The second-order valence-corrected chi connectivity index (χ2v) is 9.92. The van der Waals surface area contributed by atoms with E-state index in [9.17, 15) is 9.18 Å². The average molecular weight is 252 g/mol. The van der Waals surface area contributed by atoms with Crippen LogP contribution in [0.2, 0.25) is 19.6 Å². The number of rotatable bonds is 4. The predicted molar refractivity (Wildman–Crippen MR) is 67.7 cm³/mol. The smallest absolute Gasteiger partial charge is 0.242 e. The number of halogens is 1. The monoisotopic (exact) mass is 252 g/mol. The fourth-order valence-electron chi connectivity index (χ4n) is 1.80. The van der Waals surface area contributed by atoms with Gasteiger partial charge in [0.1, 0.15) is 0 Å². The summed E-state index contributed by atoms with van der Waals surface area (Å²) in [4.78, 5) is 10.9. The van der Waals surface area contributed by atoms with Crippen molar-refractivity contribution in [2.24, 2.45) is 0 Å². The molecule has 1 saturated carbocycles. The lowest BCUT2D eigenvalue weighted by Crippen LogP contribution is -2.30. The fraction of sp³-hybridized carbons (Fsp3) is 0.462. The summed E-state index contributed by atoms with van der Waals surface area (Å²) in [6.07, 6.45) is 2.72. The van der Waals surface area contributed by atoms with Gasteiger partial charge in [-0.1, -0.05) is 6.07 Å². The van der Waals surface area contributed by atoms with Gasteiger partial charge in [0.15, 0.2) is 17.9 Å². The van der Waals surface area contributed by atoms with Gasteiger partial charge in [-0.3, -0.25) is 4.79 Å². The average Bonchev–Trinajstić information content (AvgIpc) is 3.03. The van der Waals surface area contributed by atoms with Crippen LogP contribution in [0.1, 0.15) is 34.7 Å². The molecule has 0 saturated heterocycles. The SMILES string of the molecule is C[Si](C)(C)Oc1c(C=O)ccc(C2CC2)c1F. The molecule has 0 N–H and O–H groups in total. The normalized spacial score (nSPS) is 15.8. The molecule has 17 heavy (non-hydrogen) atoms. The molecule has 1 aromatic rings. The number of hydrogen-bond acceptors (Lipinski definition) is 2. The third-order valence-electron chi connectivity index (χ3n) is 2.71. The van der Waals surface area contributed by atoms with Crippen LogP contribution in [0.5, 0.6) is 5.75 Å². The van der Waals surface area contributed by atoms with Crippen LogP contribution in [0.4, 0.5) is 4.39 Å². The van der Waals surface area contributed by atoms with Crippen LogP contribution in [-0.2, 0) is 0 Å². The Kier molecular flexibility index (Phi) is 3.08. The molecule has 0 spiro atoms. The summed E-state index contributed by atoms with van der Waals surface area (Å²) in [6, 6.07) is 3.38. The topological polar surface area (TPSA) is 26.3 Å². The van der Waals surface area contributed by atoms with Crippen molar-refractivity contribution in [2.45, 2.75) is 38.4 Å².